The van der Waals surface area contributed by atoms with E-state index >= 15 is 0 Å². The molecule has 0 radical (unpaired) electrons. The number of hydrogen-bond acceptors (Lipinski definition) is 5. The average Bonchev–Trinajstić information content (AvgIpc) is 3.10. The molecule has 0 aromatic carbocycles. The molecule has 1 amide bonds. The third-order valence-electron chi connectivity index (χ3n) is 3.41. The Bertz CT molecular complexity index is 422. The fraction of sp³-hybridized carbons (Fsp3) is 0.714. The summed E-state index contributed by atoms with van der Waals surface area (Å²) < 4.78 is 5.75. The summed E-state index contributed by atoms with van der Waals surface area (Å²) in [6.45, 7) is 1.92. The van der Waals surface area contributed by atoms with Gasteiger partial charge in [0.15, 0.2) is 0 Å². The highest BCUT2D eigenvalue weighted by molar-refractivity contribution is 7.09. The number of thiazole rings is 1. The van der Waals surface area contributed by atoms with Crippen molar-refractivity contribution in [2.75, 3.05) is 19.7 Å². The van der Waals surface area contributed by atoms with Crippen molar-refractivity contribution in [3.8, 4) is 0 Å². The Morgan fingerprint density at radius 3 is 2.95 bits per heavy atom. The van der Waals surface area contributed by atoms with Gasteiger partial charge in [0.2, 0.25) is 0 Å². The predicted octanol–water partition coefficient (Wildman–Crippen LogP) is 2.15. The second kappa shape index (κ2) is 10.1. The van der Waals surface area contributed by atoms with E-state index in [1.54, 1.807) is 5.38 Å². The van der Waals surface area contributed by atoms with Crippen molar-refractivity contribution in [1.82, 2.24) is 10.3 Å². The number of nitrogens with zero attached hydrogens (tertiary/aromatic N) is 1. The lowest BCUT2D eigenvalue weighted by atomic mass is 10.3. The maximum absolute atomic E-state index is 11.8. The van der Waals surface area contributed by atoms with Crippen LogP contribution in [0.4, 0.5) is 0 Å². The van der Waals surface area contributed by atoms with Crippen molar-refractivity contribution in [2.45, 2.75) is 44.6 Å². The van der Waals surface area contributed by atoms with Gasteiger partial charge in [-0.15, -0.1) is 23.7 Å². The number of ether oxygens (including phenoxy) is 1. The highest BCUT2D eigenvalue weighted by Crippen LogP contribution is 2.20. The Morgan fingerprint density at radius 1 is 1.48 bits per heavy atom. The number of carbonyl (C=O) groups is 1. The number of carbonyl (C=O) groups excluding carboxylic acids is 1. The van der Waals surface area contributed by atoms with Gasteiger partial charge in [0.05, 0.1) is 11.1 Å². The molecule has 0 aliphatic heterocycles. The number of nitrogens with one attached hydrogen (secondary N) is 1. The molecule has 0 unspecified atom stereocenters. The summed E-state index contributed by atoms with van der Waals surface area (Å²) in [7, 11) is 0. The minimum absolute atomic E-state index is 0. The topological polar surface area (TPSA) is 77.2 Å². The molecule has 1 fully saturated rings. The van der Waals surface area contributed by atoms with Crippen LogP contribution in [0.3, 0.4) is 0 Å². The van der Waals surface area contributed by atoms with E-state index in [4.69, 9.17) is 10.5 Å². The number of halogens is 1. The first-order chi connectivity index (χ1) is 9.79. The summed E-state index contributed by atoms with van der Waals surface area (Å²) in [6, 6.07) is 0. The van der Waals surface area contributed by atoms with E-state index < -0.39 is 0 Å². The lowest BCUT2D eigenvalue weighted by Crippen LogP contribution is -2.26. The molecule has 0 spiro atoms. The summed E-state index contributed by atoms with van der Waals surface area (Å²) in [4.78, 5) is 16.1. The lowest BCUT2D eigenvalue weighted by molar-refractivity contribution is 0.0565. The predicted molar refractivity (Wildman–Crippen MR) is 87.3 cm³/mol. The van der Waals surface area contributed by atoms with Crippen LogP contribution in [0.25, 0.3) is 0 Å². The molecule has 1 saturated carbocycles. The summed E-state index contributed by atoms with van der Waals surface area (Å²) >= 11 is 1.49. The van der Waals surface area contributed by atoms with Crippen LogP contribution in [0.1, 0.15) is 47.6 Å². The standard InChI is InChI=1S/C14H23N3O2S.ClH/c15-7-6-13-17-12(10-20-13)14(18)16-8-3-9-19-11-4-1-2-5-11;/h10-11H,1-9,15H2,(H,16,18);1H. The van der Waals surface area contributed by atoms with Crippen molar-refractivity contribution in [2.24, 2.45) is 5.73 Å². The number of amides is 1. The van der Waals surface area contributed by atoms with E-state index in [1.165, 1.54) is 37.0 Å². The molecule has 0 bridgehead atoms. The maximum Gasteiger partial charge on any atom is 0.270 e. The fourth-order valence-electron chi connectivity index (χ4n) is 2.32. The van der Waals surface area contributed by atoms with Crippen LogP contribution in [0, 0.1) is 0 Å². The van der Waals surface area contributed by atoms with Crippen LogP contribution in [-0.2, 0) is 11.2 Å². The van der Waals surface area contributed by atoms with Gasteiger partial charge < -0.3 is 15.8 Å². The van der Waals surface area contributed by atoms with Gasteiger partial charge in [0, 0.05) is 25.0 Å². The van der Waals surface area contributed by atoms with Crippen LogP contribution in [-0.4, -0.2) is 36.7 Å². The molecule has 120 valence electrons. The van der Waals surface area contributed by atoms with E-state index in [9.17, 15) is 4.79 Å². The van der Waals surface area contributed by atoms with Crippen molar-refractivity contribution < 1.29 is 9.53 Å². The molecule has 0 atom stereocenters. The normalized spacial score (nSPS) is 14.9. The van der Waals surface area contributed by atoms with Gasteiger partial charge in [0.1, 0.15) is 5.69 Å². The molecular formula is C14H24ClN3O2S. The Hall–Kier alpha value is -0.690. The molecule has 1 aliphatic carbocycles. The minimum atomic E-state index is -0.106. The molecule has 5 nitrogen and oxygen atoms in total. The Morgan fingerprint density at radius 2 is 2.24 bits per heavy atom. The molecule has 2 rings (SSSR count). The third-order valence-corrected chi connectivity index (χ3v) is 4.31. The van der Waals surface area contributed by atoms with Crippen LogP contribution >= 0.6 is 23.7 Å². The van der Waals surface area contributed by atoms with E-state index in [-0.39, 0.29) is 18.3 Å². The van der Waals surface area contributed by atoms with E-state index in [2.05, 4.69) is 10.3 Å². The van der Waals surface area contributed by atoms with Gasteiger partial charge in [-0.05, 0) is 25.8 Å². The largest absolute Gasteiger partial charge is 0.378 e. The number of aromatic nitrogens is 1. The van der Waals surface area contributed by atoms with Gasteiger partial charge in [-0.3, -0.25) is 4.79 Å². The molecular weight excluding hydrogens is 310 g/mol. The second-order valence-corrected chi connectivity index (χ2v) is 5.99. The van der Waals surface area contributed by atoms with E-state index in [0.29, 0.717) is 24.9 Å². The highest BCUT2D eigenvalue weighted by atomic mass is 35.5. The number of hydrogen-bond donors (Lipinski definition) is 2. The maximum atomic E-state index is 11.8. The molecule has 1 aromatic rings. The molecule has 21 heavy (non-hydrogen) atoms. The smallest absolute Gasteiger partial charge is 0.270 e. The zero-order chi connectivity index (χ0) is 14.2. The molecule has 7 heteroatoms. The molecule has 1 aromatic heterocycles. The molecule has 1 heterocycles. The summed E-state index contributed by atoms with van der Waals surface area (Å²) in [6.07, 6.45) is 6.98. The van der Waals surface area contributed by atoms with E-state index in [1.807, 2.05) is 0 Å². The van der Waals surface area contributed by atoms with Crippen molar-refractivity contribution in [3.63, 3.8) is 0 Å². The second-order valence-electron chi connectivity index (χ2n) is 5.05. The van der Waals surface area contributed by atoms with Gasteiger partial charge in [-0.2, -0.15) is 0 Å². The number of rotatable bonds is 8. The first kappa shape index (κ1) is 18.4. The Labute approximate surface area is 136 Å². The monoisotopic (exact) mass is 333 g/mol. The Kier molecular flexibility index (Phi) is 8.84. The number of nitrogens with two attached hydrogens (primary N) is 1. The average molecular weight is 334 g/mol. The van der Waals surface area contributed by atoms with Gasteiger partial charge >= 0.3 is 0 Å². The van der Waals surface area contributed by atoms with Crippen LogP contribution < -0.4 is 11.1 Å². The zero-order valence-corrected chi connectivity index (χ0v) is 13.8. The SMILES string of the molecule is Cl.NCCc1nc(C(=O)NCCCOC2CCCC2)cs1. The van der Waals surface area contributed by atoms with Crippen molar-refractivity contribution in [3.05, 3.63) is 16.1 Å². The zero-order valence-electron chi connectivity index (χ0n) is 12.2. The van der Waals surface area contributed by atoms with Crippen molar-refractivity contribution in [1.29, 1.82) is 0 Å². The van der Waals surface area contributed by atoms with Crippen molar-refractivity contribution >= 4 is 29.7 Å². The first-order valence-corrected chi connectivity index (χ1v) is 8.22. The van der Waals surface area contributed by atoms with Gasteiger partial charge in [-0.1, -0.05) is 12.8 Å². The fourth-order valence-corrected chi connectivity index (χ4v) is 3.12. The van der Waals surface area contributed by atoms with Gasteiger partial charge in [-0.25, -0.2) is 4.98 Å². The minimum Gasteiger partial charge on any atom is -0.378 e. The molecule has 0 saturated heterocycles. The molecule has 1 aliphatic rings. The Balaban J connectivity index is 0.00000220. The van der Waals surface area contributed by atoms with Gasteiger partial charge in [0.25, 0.3) is 5.91 Å². The lowest BCUT2D eigenvalue weighted by Gasteiger charge is -2.10. The summed E-state index contributed by atoms with van der Waals surface area (Å²) in [5, 5.41) is 5.58. The first-order valence-electron chi connectivity index (χ1n) is 7.34. The van der Waals surface area contributed by atoms with Crippen LogP contribution in [0.15, 0.2) is 5.38 Å². The van der Waals surface area contributed by atoms with E-state index in [0.717, 1.165) is 24.5 Å². The van der Waals surface area contributed by atoms with Crippen LogP contribution in [0.5, 0.6) is 0 Å². The summed E-state index contributed by atoms with van der Waals surface area (Å²) in [5.74, 6) is -0.106. The van der Waals surface area contributed by atoms with Crippen LogP contribution in [0.2, 0.25) is 0 Å². The molecule has 3 N–H and O–H groups in total. The summed E-state index contributed by atoms with van der Waals surface area (Å²) in [5.41, 5.74) is 5.96. The quantitative estimate of drug-likeness (QED) is 0.714. The highest BCUT2D eigenvalue weighted by Gasteiger charge is 2.15. The third kappa shape index (κ3) is 6.30.